The van der Waals surface area contributed by atoms with Crippen molar-refractivity contribution in [2.75, 3.05) is 6.61 Å². The van der Waals surface area contributed by atoms with Crippen LogP contribution < -0.4 is 11.3 Å². The minimum Gasteiger partial charge on any atom is -0.475 e. The third kappa shape index (κ3) is 7.85. The fraction of sp³-hybridized carbons (Fsp3) is 0.778. The first kappa shape index (κ1) is 16.6. The van der Waals surface area contributed by atoms with Gasteiger partial charge in [-0.1, -0.05) is 0 Å². The minimum atomic E-state index is -5.08. The van der Waals surface area contributed by atoms with E-state index in [9.17, 15) is 18.0 Å². The molecule has 4 N–H and O–H groups in total. The molecule has 0 spiro atoms. The Labute approximate surface area is 101 Å². The van der Waals surface area contributed by atoms with Gasteiger partial charge in [-0.05, 0) is 19.3 Å². The second-order valence-corrected chi connectivity index (χ2v) is 3.56. The predicted octanol–water partition coefficient (Wildman–Crippen LogP) is 0.569. The highest BCUT2D eigenvalue weighted by Gasteiger charge is 2.38. The molecule has 106 valence electrons. The summed E-state index contributed by atoms with van der Waals surface area (Å²) in [6.45, 7) is 0.780. The molecule has 1 unspecified atom stereocenters. The van der Waals surface area contributed by atoms with E-state index in [4.69, 9.17) is 20.5 Å². The standard InChI is InChI=1S/C7H14N2O2.C2HF3O2/c8-9-7(10)5-6-3-1-2-4-11-6;3-2(4,5)1(6)7/h6H,1-5,8H2,(H,9,10);(H,6,7). The molecule has 1 aliphatic rings. The Kier molecular flexibility index (Phi) is 7.29. The molecule has 0 aromatic heterocycles. The Morgan fingerprint density at radius 1 is 1.39 bits per heavy atom. The Bertz CT molecular complexity index is 277. The number of halogens is 3. The second kappa shape index (κ2) is 7.88. The molecule has 0 radical (unpaired) electrons. The maximum Gasteiger partial charge on any atom is 0.490 e. The van der Waals surface area contributed by atoms with Gasteiger partial charge in [0.15, 0.2) is 0 Å². The van der Waals surface area contributed by atoms with Gasteiger partial charge in [-0.3, -0.25) is 10.2 Å². The van der Waals surface area contributed by atoms with Crippen LogP contribution in [0.1, 0.15) is 25.7 Å². The number of alkyl halides is 3. The fourth-order valence-corrected chi connectivity index (χ4v) is 1.23. The summed E-state index contributed by atoms with van der Waals surface area (Å²) < 4.78 is 37.1. The Morgan fingerprint density at radius 2 is 1.94 bits per heavy atom. The van der Waals surface area contributed by atoms with Crippen molar-refractivity contribution in [2.45, 2.75) is 38.0 Å². The van der Waals surface area contributed by atoms with Gasteiger partial charge >= 0.3 is 12.1 Å². The van der Waals surface area contributed by atoms with Gasteiger partial charge in [-0.25, -0.2) is 10.6 Å². The molecule has 0 aromatic rings. The van der Waals surface area contributed by atoms with E-state index in [2.05, 4.69) is 5.43 Å². The van der Waals surface area contributed by atoms with Crippen LogP contribution >= 0.6 is 0 Å². The highest BCUT2D eigenvalue weighted by Crippen LogP contribution is 2.15. The molecule has 1 rings (SSSR count). The first-order valence-corrected chi connectivity index (χ1v) is 5.18. The second-order valence-electron chi connectivity index (χ2n) is 3.56. The summed E-state index contributed by atoms with van der Waals surface area (Å²) in [5.41, 5.74) is 2.09. The van der Waals surface area contributed by atoms with Gasteiger partial charge in [0, 0.05) is 6.61 Å². The van der Waals surface area contributed by atoms with Gasteiger partial charge < -0.3 is 9.84 Å². The molecule has 1 heterocycles. The SMILES string of the molecule is NNC(=O)CC1CCCCO1.O=C(O)C(F)(F)F. The lowest BCUT2D eigenvalue weighted by molar-refractivity contribution is -0.192. The highest BCUT2D eigenvalue weighted by atomic mass is 19.4. The monoisotopic (exact) mass is 272 g/mol. The van der Waals surface area contributed by atoms with Crippen molar-refractivity contribution in [1.29, 1.82) is 0 Å². The van der Waals surface area contributed by atoms with E-state index < -0.39 is 12.1 Å². The molecule has 0 saturated carbocycles. The lowest BCUT2D eigenvalue weighted by atomic mass is 10.1. The highest BCUT2D eigenvalue weighted by molar-refractivity contribution is 5.75. The van der Waals surface area contributed by atoms with E-state index in [1.165, 1.54) is 0 Å². The summed E-state index contributed by atoms with van der Waals surface area (Å²) in [5, 5.41) is 7.12. The number of carbonyl (C=O) groups excluding carboxylic acids is 1. The van der Waals surface area contributed by atoms with Crippen LogP contribution in [0.3, 0.4) is 0 Å². The van der Waals surface area contributed by atoms with Gasteiger partial charge in [-0.2, -0.15) is 13.2 Å². The quantitative estimate of drug-likeness (QED) is 0.387. The largest absolute Gasteiger partial charge is 0.490 e. The number of amides is 1. The number of carbonyl (C=O) groups is 2. The number of carboxylic acid groups (broad SMARTS) is 1. The van der Waals surface area contributed by atoms with Crippen molar-refractivity contribution in [3.63, 3.8) is 0 Å². The van der Waals surface area contributed by atoms with E-state index in [-0.39, 0.29) is 12.0 Å². The van der Waals surface area contributed by atoms with Crippen molar-refractivity contribution in [1.82, 2.24) is 5.43 Å². The molecule has 1 amide bonds. The van der Waals surface area contributed by atoms with E-state index in [1.807, 2.05) is 0 Å². The summed E-state index contributed by atoms with van der Waals surface area (Å²) in [6, 6.07) is 0. The number of rotatable bonds is 2. The smallest absolute Gasteiger partial charge is 0.475 e. The number of hydrazine groups is 1. The molecular formula is C9H15F3N2O4. The third-order valence-electron chi connectivity index (χ3n) is 2.09. The lowest BCUT2D eigenvalue weighted by Gasteiger charge is -2.21. The van der Waals surface area contributed by atoms with Crippen LogP contribution in [-0.2, 0) is 14.3 Å². The van der Waals surface area contributed by atoms with Crippen molar-refractivity contribution in [3.8, 4) is 0 Å². The van der Waals surface area contributed by atoms with Crippen LogP contribution in [-0.4, -0.2) is 35.9 Å². The molecule has 1 fully saturated rings. The maximum absolute atomic E-state index is 10.8. The van der Waals surface area contributed by atoms with Gasteiger partial charge in [0.25, 0.3) is 0 Å². The normalized spacial score (nSPS) is 19.4. The average molecular weight is 272 g/mol. The van der Waals surface area contributed by atoms with Crippen molar-refractivity contribution in [2.24, 2.45) is 5.84 Å². The predicted molar refractivity (Wildman–Crippen MR) is 54.2 cm³/mol. The molecule has 6 nitrogen and oxygen atoms in total. The summed E-state index contributed by atoms with van der Waals surface area (Å²) in [4.78, 5) is 19.7. The van der Waals surface area contributed by atoms with Gasteiger partial charge in [0.1, 0.15) is 0 Å². The van der Waals surface area contributed by atoms with Gasteiger partial charge in [-0.15, -0.1) is 0 Å². The molecule has 0 aromatic carbocycles. The molecule has 0 bridgehead atoms. The Morgan fingerprint density at radius 3 is 2.28 bits per heavy atom. The zero-order valence-electron chi connectivity index (χ0n) is 9.50. The number of nitrogens with one attached hydrogen (secondary N) is 1. The van der Waals surface area contributed by atoms with Gasteiger partial charge in [0.05, 0.1) is 12.5 Å². The number of aliphatic carboxylic acids is 1. The molecule has 1 saturated heterocycles. The van der Waals surface area contributed by atoms with Crippen LogP contribution in [0.15, 0.2) is 0 Å². The number of nitrogens with two attached hydrogens (primary N) is 1. The van der Waals surface area contributed by atoms with Crippen molar-refractivity contribution in [3.05, 3.63) is 0 Å². The minimum absolute atomic E-state index is 0.0901. The molecule has 1 aliphatic heterocycles. The van der Waals surface area contributed by atoms with E-state index >= 15 is 0 Å². The number of carboxylic acids is 1. The number of hydrogen-bond donors (Lipinski definition) is 3. The summed E-state index contributed by atoms with van der Waals surface area (Å²) in [6.07, 6.45) is -1.35. The topological polar surface area (TPSA) is 102 Å². The first-order chi connectivity index (χ1) is 8.27. The Balaban J connectivity index is 0.000000360. The van der Waals surface area contributed by atoms with E-state index in [0.29, 0.717) is 6.42 Å². The van der Waals surface area contributed by atoms with Crippen LogP contribution in [0.5, 0.6) is 0 Å². The number of ether oxygens (including phenoxy) is 1. The van der Waals surface area contributed by atoms with Crippen LogP contribution in [0, 0.1) is 0 Å². The first-order valence-electron chi connectivity index (χ1n) is 5.18. The summed E-state index contributed by atoms with van der Waals surface area (Å²) >= 11 is 0. The van der Waals surface area contributed by atoms with E-state index in [0.717, 1.165) is 25.9 Å². The lowest BCUT2D eigenvalue weighted by Crippen LogP contribution is -2.34. The summed E-state index contributed by atoms with van der Waals surface area (Å²) in [5.74, 6) is 2.04. The Hall–Kier alpha value is -1.35. The molecule has 18 heavy (non-hydrogen) atoms. The van der Waals surface area contributed by atoms with Crippen LogP contribution in [0.2, 0.25) is 0 Å². The fourth-order valence-electron chi connectivity index (χ4n) is 1.23. The van der Waals surface area contributed by atoms with Crippen molar-refractivity contribution < 1.29 is 32.6 Å². The molecular weight excluding hydrogens is 257 g/mol. The average Bonchev–Trinajstić information content (AvgIpc) is 2.29. The van der Waals surface area contributed by atoms with Crippen molar-refractivity contribution >= 4 is 11.9 Å². The molecule has 0 aliphatic carbocycles. The zero-order valence-corrected chi connectivity index (χ0v) is 9.50. The van der Waals surface area contributed by atoms with Crippen LogP contribution in [0.25, 0.3) is 0 Å². The van der Waals surface area contributed by atoms with Gasteiger partial charge in [0.2, 0.25) is 5.91 Å². The number of hydrogen-bond acceptors (Lipinski definition) is 4. The zero-order chi connectivity index (χ0) is 14.2. The van der Waals surface area contributed by atoms with E-state index in [1.54, 1.807) is 0 Å². The van der Waals surface area contributed by atoms with Crippen LogP contribution in [0.4, 0.5) is 13.2 Å². The molecule has 9 heteroatoms. The maximum atomic E-state index is 10.8. The third-order valence-corrected chi connectivity index (χ3v) is 2.09. The molecule has 1 atom stereocenters. The summed E-state index contributed by atoms with van der Waals surface area (Å²) in [7, 11) is 0.